The number of hydrogen-bond donors (Lipinski definition) is 2. The highest BCUT2D eigenvalue weighted by Gasteiger charge is 2.03. The van der Waals surface area contributed by atoms with Crippen molar-refractivity contribution in [2.45, 2.75) is 12.8 Å². The SMILES string of the molecule is CNc1ccc(NC(=O)CCc2ccccc2)cn1. The summed E-state index contributed by atoms with van der Waals surface area (Å²) in [6.45, 7) is 0. The maximum absolute atomic E-state index is 11.8. The Balaban J connectivity index is 1.83. The number of aryl methyl sites for hydroxylation is 1. The molecule has 0 spiro atoms. The molecule has 2 rings (SSSR count). The first-order valence-electron chi connectivity index (χ1n) is 6.25. The van der Waals surface area contributed by atoms with Gasteiger partial charge in [-0.2, -0.15) is 0 Å². The van der Waals surface area contributed by atoms with Crippen molar-refractivity contribution < 1.29 is 4.79 Å². The number of amides is 1. The third kappa shape index (κ3) is 4.10. The van der Waals surface area contributed by atoms with Gasteiger partial charge in [-0.05, 0) is 24.1 Å². The number of pyridine rings is 1. The smallest absolute Gasteiger partial charge is 0.224 e. The maximum atomic E-state index is 11.8. The van der Waals surface area contributed by atoms with E-state index >= 15 is 0 Å². The summed E-state index contributed by atoms with van der Waals surface area (Å²) >= 11 is 0. The number of hydrogen-bond acceptors (Lipinski definition) is 3. The van der Waals surface area contributed by atoms with Crippen LogP contribution in [0, 0.1) is 0 Å². The Bertz CT molecular complexity index is 523. The zero-order chi connectivity index (χ0) is 13.5. The molecule has 1 amide bonds. The molecule has 0 saturated heterocycles. The van der Waals surface area contributed by atoms with Crippen molar-refractivity contribution >= 4 is 17.4 Å². The van der Waals surface area contributed by atoms with Gasteiger partial charge in [0.1, 0.15) is 5.82 Å². The van der Waals surface area contributed by atoms with Crippen LogP contribution >= 0.6 is 0 Å². The zero-order valence-corrected chi connectivity index (χ0v) is 10.9. The number of nitrogens with one attached hydrogen (secondary N) is 2. The molecule has 0 atom stereocenters. The van der Waals surface area contributed by atoms with Crippen LogP contribution in [0.5, 0.6) is 0 Å². The van der Waals surface area contributed by atoms with Crippen molar-refractivity contribution in [2.75, 3.05) is 17.7 Å². The van der Waals surface area contributed by atoms with Gasteiger partial charge in [0.25, 0.3) is 0 Å². The quantitative estimate of drug-likeness (QED) is 0.863. The highest BCUT2D eigenvalue weighted by Crippen LogP contribution is 2.10. The normalized spacial score (nSPS) is 9.95. The predicted octanol–water partition coefficient (Wildman–Crippen LogP) is 2.69. The molecule has 1 aromatic heterocycles. The monoisotopic (exact) mass is 255 g/mol. The van der Waals surface area contributed by atoms with Crippen LogP contribution in [-0.2, 0) is 11.2 Å². The van der Waals surface area contributed by atoms with E-state index in [0.29, 0.717) is 6.42 Å². The number of aromatic nitrogens is 1. The van der Waals surface area contributed by atoms with Gasteiger partial charge in [-0.3, -0.25) is 4.79 Å². The lowest BCUT2D eigenvalue weighted by atomic mass is 10.1. The second-order valence-electron chi connectivity index (χ2n) is 4.22. The van der Waals surface area contributed by atoms with Gasteiger partial charge in [0, 0.05) is 13.5 Å². The van der Waals surface area contributed by atoms with Crippen LogP contribution in [0.4, 0.5) is 11.5 Å². The lowest BCUT2D eigenvalue weighted by molar-refractivity contribution is -0.116. The first kappa shape index (κ1) is 13.1. The van der Waals surface area contributed by atoms with Gasteiger partial charge in [-0.25, -0.2) is 4.98 Å². The molecule has 0 unspecified atom stereocenters. The summed E-state index contributed by atoms with van der Waals surface area (Å²) in [5, 5.41) is 5.76. The Kier molecular flexibility index (Phi) is 4.50. The number of carbonyl (C=O) groups excluding carboxylic acids is 1. The molecule has 0 aliphatic carbocycles. The molecule has 0 fully saturated rings. The van der Waals surface area contributed by atoms with E-state index in [0.717, 1.165) is 17.9 Å². The van der Waals surface area contributed by atoms with Crippen molar-refractivity contribution in [3.05, 3.63) is 54.2 Å². The van der Waals surface area contributed by atoms with Gasteiger partial charge in [0.15, 0.2) is 0 Å². The topological polar surface area (TPSA) is 54.0 Å². The Hall–Kier alpha value is -2.36. The lowest BCUT2D eigenvalue weighted by Gasteiger charge is -2.06. The summed E-state index contributed by atoms with van der Waals surface area (Å²) in [4.78, 5) is 15.9. The van der Waals surface area contributed by atoms with Gasteiger partial charge < -0.3 is 10.6 Å². The van der Waals surface area contributed by atoms with E-state index in [1.54, 1.807) is 13.2 Å². The summed E-state index contributed by atoms with van der Waals surface area (Å²) < 4.78 is 0. The average molecular weight is 255 g/mol. The summed E-state index contributed by atoms with van der Waals surface area (Å²) in [7, 11) is 1.81. The average Bonchev–Trinajstić information content (AvgIpc) is 2.47. The van der Waals surface area contributed by atoms with Gasteiger partial charge in [0.2, 0.25) is 5.91 Å². The van der Waals surface area contributed by atoms with E-state index in [9.17, 15) is 4.79 Å². The highest BCUT2D eigenvalue weighted by atomic mass is 16.1. The van der Waals surface area contributed by atoms with Crippen LogP contribution in [-0.4, -0.2) is 17.9 Å². The predicted molar refractivity (Wildman–Crippen MR) is 77.2 cm³/mol. The second kappa shape index (κ2) is 6.54. The van der Waals surface area contributed by atoms with Crippen LogP contribution in [0.15, 0.2) is 48.7 Å². The molecular weight excluding hydrogens is 238 g/mol. The Morgan fingerprint density at radius 1 is 1.16 bits per heavy atom. The maximum Gasteiger partial charge on any atom is 0.224 e. The minimum Gasteiger partial charge on any atom is -0.373 e. The van der Waals surface area contributed by atoms with Crippen molar-refractivity contribution in [1.29, 1.82) is 0 Å². The van der Waals surface area contributed by atoms with Crippen LogP contribution < -0.4 is 10.6 Å². The van der Waals surface area contributed by atoms with Gasteiger partial charge >= 0.3 is 0 Å². The van der Waals surface area contributed by atoms with Crippen LogP contribution in [0.25, 0.3) is 0 Å². The first-order valence-corrected chi connectivity index (χ1v) is 6.25. The van der Waals surface area contributed by atoms with Crippen LogP contribution in [0.3, 0.4) is 0 Å². The first-order chi connectivity index (χ1) is 9.28. The summed E-state index contributed by atoms with van der Waals surface area (Å²) in [5.41, 5.74) is 1.89. The third-order valence-corrected chi connectivity index (χ3v) is 2.79. The van der Waals surface area contributed by atoms with Gasteiger partial charge in [-0.1, -0.05) is 30.3 Å². The largest absolute Gasteiger partial charge is 0.373 e. The fourth-order valence-electron chi connectivity index (χ4n) is 1.74. The highest BCUT2D eigenvalue weighted by molar-refractivity contribution is 5.90. The van der Waals surface area contributed by atoms with E-state index in [2.05, 4.69) is 15.6 Å². The number of nitrogens with zero attached hydrogens (tertiary/aromatic N) is 1. The molecule has 4 nitrogen and oxygen atoms in total. The minimum atomic E-state index is 0.00265. The minimum absolute atomic E-state index is 0.00265. The van der Waals surface area contributed by atoms with Gasteiger partial charge in [0.05, 0.1) is 11.9 Å². The molecule has 0 saturated carbocycles. The molecule has 2 N–H and O–H groups in total. The standard InChI is InChI=1S/C15H17N3O/c1-16-14-9-8-13(11-17-14)18-15(19)10-7-12-5-3-2-4-6-12/h2-6,8-9,11H,7,10H2,1H3,(H,16,17)(H,18,19). The molecule has 0 bridgehead atoms. The number of rotatable bonds is 5. The molecule has 4 heteroatoms. The van der Waals surface area contributed by atoms with Crippen molar-refractivity contribution in [3.8, 4) is 0 Å². The molecule has 1 aromatic carbocycles. The van der Waals surface area contributed by atoms with Gasteiger partial charge in [-0.15, -0.1) is 0 Å². The second-order valence-corrected chi connectivity index (χ2v) is 4.22. The van der Waals surface area contributed by atoms with E-state index < -0.39 is 0 Å². The number of benzene rings is 1. The zero-order valence-electron chi connectivity index (χ0n) is 10.9. The Morgan fingerprint density at radius 2 is 1.95 bits per heavy atom. The molecule has 2 aromatic rings. The fourth-order valence-corrected chi connectivity index (χ4v) is 1.74. The molecule has 98 valence electrons. The number of anilines is 2. The van der Waals surface area contributed by atoms with Crippen LogP contribution in [0.1, 0.15) is 12.0 Å². The van der Waals surface area contributed by atoms with Crippen molar-refractivity contribution in [1.82, 2.24) is 4.98 Å². The summed E-state index contributed by atoms with van der Waals surface area (Å²) in [6.07, 6.45) is 2.86. The molecule has 0 radical (unpaired) electrons. The molecular formula is C15H17N3O. The van der Waals surface area contributed by atoms with E-state index in [-0.39, 0.29) is 5.91 Å². The van der Waals surface area contributed by atoms with Crippen molar-refractivity contribution in [3.63, 3.8) is 0 Å². The summed E-state index contributed by atoms with van der Waals surface area (Å²) in [6, 6.07) is 13.6. The van der Waals surface area contributed by atoms with Crippen molar-refractivity contribution in [2.24, 2.45) is 0 Å². The fraction of sp³-hybridized carbons (Fsp3) is 0.200. The third-order valence-electron chi connectivity index (χ3n) is 2.79. The number of carbonyl (C=O) groups is 1. The molecule has 1 heterocycles. The Morgan fingerprint density at radius 3 is 2.58 bits per heavy atom. The lowest BCUT2D eigenvalue weighted by Crippen LogP contribution is -2.12. The van der Waals surface area contributed by atoms with E-state index in [1.165, 1.54) is 5.56 Å². The Labute approximate surface area is 112 Å². The van der Waals surface area contributed by atoms with Crippen LogP contribution in [0.2, 0.25) is 0 Å². The molecule has 0 aliphatic heterocycles. The van der Waals surface area contributed by atoms with E-state index in [1.807, 2.05) is 42.5 Å². The molecule has 19 heavy (non-hydrogen) atoms. The van der Waals surface area contributed by atoms with E-state index in [4.69, 9.17) is 0 Å². The molecule has 0 aliphatic rings. The summed E-state index contributed by atoms with van der Waals surface area (Å²) in [5.74, 6) is 0.783.